The molecule has 1 fully saturated rings. The lowest BCUT2D eigenvalue weighted by Crippen LogP contribution is -2.54. The van der Waals surface area contributed by atoms with Crippen LogP contribution in [0.15, 0.2) is 108 Å². The second kappa shape index (κ2) is 9.31. The Labute approximate surface area is 234 Å². The zero-order chi connectivity index (χ0) is 28.3. The number of aliphatic hydroxyl groups is 1. The molecule has 7 nitrogen and oxygen atoms in total. The van der Waals surface area contributed by atoms with Crippen molar-refractivity contribution < 1.29 is 23.9 Å². The van der Waals surface area contributed by atoms with Crippen LogP contribution in [-0.4, -0.2) is 29.0 Å². The Hall–Kier alpha value is -4.95. The molecular formula is C33H24FN3O4. The first kappa shape index (κ1) is 25.0. The molecule has 0 radical (unpaired) electrons. The van der Waals surface area contributed by atoms with Crippen LogP contribution in [0.1, 0.15) is 39.8 Å². The molecule has 3 amide bonds. The standard InChI is InChI=1S/C33H24FN3O4/c34-20-14-16-21(17-15-20)37-31(40)27-26-22-10-4-6-12-24(22)33(28(27)32(37)41,25-13-7-5-11-23(25)26)18-35-36-30(39)29(38)19-8-2-1-3-9-19/h1-18,26-29,38H,(H,36,39)/b35-18-/t26?,27-,28+,29+,33?/m0/s1. The third-order valence-electron chi connectivity index (χ3n) is 8.58. The largest absolute Gasteiger partial charge is 0.378 e. The number of hydrogen-bond donors (Lipinski definition) is 2. The van der Waals surface area contributed by atoms with Crippen LogP contribution in [-0.2, 0) is 19.8 Å². The first-order valence-corrected chi connectivity index (χ1v) is 13.3. The van der Waals surface area contributed by atoms with Crippen molar-refractivity contribution in [3.8, 4) is 0 Å². The van der Waals surface area contributed by atoms with Gasteiger partial charge in [0.2, 0.25) is 11.8 Å². The summed E-state index contributed by atoms with van der Waals surface area (Å²) >= 11 is 0. The van der Waals surface area contributed by atoms with E-state index in [-0.39, 0.29) is 11.8 Å². The number of carbonyl (C=O) groups is 3. The summed E-state index contributed by atoms with van der Waals surface area (Å²) in [7, 11) is 0. The Morgan fingerprint density at radius 2 is 1.44 bits per heavy atom. The summed E-state index contributed by atoms with van der Waals surface area (Å²) in [4.78, 5) is 42.3. The molecule has 4 aromatic rings. The second-order valence-electron chi connectivity index (χ2n) is 10.6. The number of aliphatic hydroxyl groups excluding tert-OH is 1. The van der Waals surface area contributed by atoms with Gasteiger partial charge in [0.25, 0.3) is 5.91 Å². The van der Waals surface area contributed by atoms with E-state index in [1.807, 2.05) is 48.5 Å². The summed E-state index contributed by atoms with van der Waals surface area (Å²) in [6.07, 6.45) is 0.0936. The molecule has 4 aromatic carbocycles. The predicted molar refractivity (Wildman–Crippen MR) is 149 cm³/mol. The third-order valence-corrected chi connectivity index (χ3v) is 8.58. The van der Waals surface area contributed by atoms with Crippen molar-refractivity contribution >= 4 is 29.6 Å². The summed E-state index contributed by atoms with van der Waals surface area (Å²) < 4.78 is 13.7. The smallest absolute Gasteiger partial charge is 0.273 e. The predicted octanol–water partition coefficient (Wildman–Crippen LogP) is 4.21. The van der Waals surface area contributed by atoms with Gasteiger partial charge in [0.15, 0.2) is 6.10 Å². The lowest BCUT2D eigenvalue weighted by atomic mass is 9.47. The maximum absolute atomic E-state index is 14.3. The maximum Gasteiger partial charge on any atom is 0.273 e. The van der Waals surface area contributed by atoms with Crippen LogP contribution in [0.2, 0.25) is 0 Å². The van der Waals surface area contributed by atoms with Gasteiger partial charge in [-0.05, 0) is 52.1 Å². The molecule has 2 bridgehead atoms. The number of hydrogen-bond acceptors (Lipinski definition) is 5. The normalized spacial score (nSPS) is 24.6. The van der Waals surface area contributed by atoms with E-state index in [9.17, 15) is 23.9 Å². The fourth-order valence-corrected chi connectivity index (χ4v) is 6.94. The van der Waals surface area contributed by atoms with Crippen molar-refractivity contribution in [1.29, 1.82) is 0 Å². The van der Waals surface area contributed by atoms with E-state index >= 15 is 0 Å². The fraction of sp³-hybridized carbons (Fsp3) is 0.152. The molecule has 8 heteroatoms. The number of benzene rings is 4. The minimum absolute atomic E-state index is 0.301. The monoisotopic (exact) mass is 545 g/mol. The molecule has 2 N–H and O–H groups in total. The zero-order valence-corrected chi connectivity index (χ0v) is 21.6. The van der Waals surface area contributed by atoms with E-state index in [2.05, 4.69) is 10.5 Å². The average molecular weight is 546 g/mol. The Morgan fingerprint density at radius 1 is 0.854 bits per heavy atom. The van der Waals surface area contributed by atoms with Gasteiger partial charge in [-0.3, -0.25) is 14.4 Å². The zero-order valence-electron chi connectivity index (χ0n) is 21.6. The molecule has 1 aliphatic heterocycles. The first-order valence-electron chi connectivity index (χ1n) is 13.3. The number of carbonyl (C=O) groups excluding carboxylic acids is 3. The fourth-order valence-electron chi connectivity index (χ4n) is 6.94. The highest BCUT2D eigenvalue weighted by molar-refractivity contribution is 6.25. The summed E-state index contributed by atoms with van der Waals surface area (Å²) in [6.45, 7) is 0. The number of hydrazone groups is 1. The van der Waals surface area contributed by atoms with Gasteiger partial charge in [-0.2, -0.15) is 5.10 Å². The molecule has 202 valence electrons. The Bertz CT molecular complexity index is 1690. The summed E-state index contributed by atoms with van der Waals surface area (Å²) in [6, 6.07) is 29.1. The quantitative estimate of drug-likeness (QED) is 0.223. The lowest BCUT2D eigenvalue weighted by Gasteiger charge is -2.52. The van der Waals surface area contributed by atoms with Crippen molar-refractivity contribution in [2.24, 2.45) is 16.9 Å². The van der Waals surface area contributed by atoms with Crippen LogP contribution in [0.5, 0.6) is 0 Å². The molecule has 1 heterocycles. The van der Waals surface area contributed by atoms with Crippen molar-refractivity contribution in [2.45, 2.75) is 17.4 Å². The number of anilines is 1. The van der Waals surface area contributed by atoms with Crippen LogP contribution in [0, 0.1) is 17.7 Å². The lowest BCUT2D eigenvalue weighted by molar-refractivity contribution is -0.129. The SMILES string of the molecule is O=C(N/N=C\C12c3ccccc3C(c3ccccc31)[C@@H]1C(=O)N(c3ccc(F)cc3)C(=O)[C@@H]12)[C@H](O)c1ccccc1. The first-order chi connectivity index (χ1) is 19.9. The van der Waals surface area contributed by atoms with Gasteiger partial charge in [-0.15, -0.1) is 0 Å². The van der Waals surface area contributed by atoms with Gasteiger partial charge in [-0.25, -0.2) is 14.7 Å². The van der Waals surface area contributed by atoms with Crippen LogP contribution in [0.4, 0.5) is 10.1 Å². The van der Waals surface area contributed by atoms with Gasteiger partial charge < -0.3 is 5.11 Å². The molecule has 8 rings (SSSR count). The molecule has 1 saturated heterocycles. The number of nitrogens with zero attached hydrogens (tertiary/aromatic N) is 2. The summed E-state index contributed by atoms with van der Waals surface area (Å²) in [5.41, 5.74) is 5.47. The third kappa shape index (κ3) is 3.54. The number of nitrogens with one attached hydrogen (secondary N) is 1. The number of amides is 3. The van der Waals surface area contributed by atoms with E-state index in [1.54, 1.807) is 30.3 Å². The van der Waals surface area contributed by atoms with Crippen molar-refractivity contribution in [1.82, 2.24) is 5.43 Å². The number of imide groups is 1. The van der Waals surface area contributed by atoms with Gasteiger partial charge in [0.05, 0.1) is 22.9 Å². The molecule has 0 unspecified atom stereocenters. The van der Waals surface area contributed by atoms with E-state index in [4.69, 9.17) is 0 Å². The molecular weight excluding hydrogens is 521 g/mol. The summed E-state index contributed by atoms with van der Waals surface area (Å²) in [5, 5.41) is 14.9. The minimum Gasteiger partial charge on any atom is -0.378 e. The molecule has 3 aliphatic carbocycles. The van der Waals surface area contributed by atoms with Gasteiger partial charge in [-0.1, -0.05) is 78.9 Å². The van der Waals surface area contributed by atoms with E-state index in [0.717, 1.165) is 27.2 Å². The molecule has 3 atom stereocenters. The Balaban J connectivity index is 1.37. The molecule has 4 aliphatic rings. The van der Waals surface area contributed by atoms with Crippen LogP contribution >= 0.6 is 0 Å². The van der Waals surface area contributed by atoms with E-state index in [1.165, 1.54) is 30.5 Å². The number of rotatable bonds is 5. The highest BCUT2D eigenvalue weighted by Gasteiger charge is 2.68. The second-order valence-corrected chi connectivity index (χ2v) is 10.6. The maximum atomic E-state index is 14.3. The van der Waals surface area contributed by atoms with Crippen LogP contribution < -0.4 is 10.3 Å². The van der Waals surface area contributed by atoms with Gasteiger partial charge >= 0.3 is 0 Å². The van der Waals surface area contributed by atoms with Crippen LogP contribution in [0.25, 0.3) is 0 Å². The van der Waals surface area contributed by atoms with Crippen LogP contribution in [0.3, 0.4) is 0 Å². The van der Waals surface area contributed by atoms with Crippen molar-refractivity contribution in [3.63, 3.8) is 0 Å². The van der Waals surface area contributed by atoms with E-state index in [0.29, 0.717) is 11.3 Å². The topological polar surface area (TPSA) is 99.1 Å². The highest BCUT2D eigenvalue weighted by atomic mass is 19.1. The average Bonchev–Trinajstić information content (AvgIpc) is 3.28. The Kier molecular flexibility index (Phi) is 5.69. The molecule has 41 heavy (non-hydrogen) atoms. The van der Waals surface area contributed by atoms with Gasteiger partial charge in [0, 0.05) is 12.1 Å². The van der Waals surface area contributed by atoms with Crippen molar-refractivity contribution in [2.75, 3.05) is 4.90 Å². The highest BCUT2D eigenvalue weighted by Crippen LogP contribution is 2.63. The van der Waals surface area contributed by atoms with Crippen molar-refractivity contribution in [3.05, 3.63) is 137 Å². The van der Waals surface area contributed by atoms with Gasteiger partial charge in [0.1, 0.15) is 5.82 Å². The molecule has 0 aromatic heterocycles. The van der Waals surface area contributed by atoms with E-state index < -0.39 is 41.0 Å². The Morgan fingerprint density at radius 3 is 2.07 bits per heavy atom. The summed E-state index contributed by atoms with van der Waals surface area (Å²) in [5.74, 6) is -3.91. The minimum atomic E-state index is -1.44. The molecule has 0 spiro atoms. The number of halogens is 1. The molecule has 0 saturated carbocycles.